The molecule has 2 unspecified atom stereocenters. The Morgan fingerprint density at radius 1 is 1.07 bits per heavy atom. The minimum Gasteiger partial charge on any atom is -0.465 e. The molecule has 2 atom stereocenters. The molecule has 0 saturated carbocycles. The molecule has 4 amide bonds. The average Bonchev–Trinajstić information content (AvgIpc) is 3.31. The molecule has 1 aliphatic rings. The van der Waals surface area contributed by atoms with Crippen LogP contribution in [0.15, 0.2) is 41.7 Å². The molecule has 0 aromatic carbocycles. The van der Waals surface area contributed by atoms with Crippen molar-refractivity contribution in [1.82, 2.24) is 39.8 Å². The van der Waals surface area contributed by atoms with Crippen LogP contribution in [0.25, 0.3) is 16.8 Å². The van der Waals surface area contributed by atoms with Crippen LogP contribution in [0.2, 0.25) is 0 Å². The average molecular weight is 630 g/mol. The van der Waals surface area contributed by atoms with Crippen LogP contribution in [0.1, 0.15) is 54.4 Å². The first-order valence-corrected chi connectivity index (χ1v) is 15.6. The van der Waals surface area contributed by atoms with Gasteiger partial charge in [-0.2, -0.15) is 4.98 Å². The number of fused-ring (bicyclic) bond motifs is 1. The lowest BCUT2D eigenvalue weighted by Gasteiger charge is -2.44. The Kier molecular flexibility index (Phi) is 9.16. The monoisotopic (exact) mass is 629 g/mol. The molecule has 0 aliphatic carbocycles. The number of piperidine rings is 1. The van der Waals surface area contributed by atoms with Crippen molar-refractivity contribution < 1.29 is 27.9 Å². The second-order valence-electron chi connectivity index (χ2n) is 12.9. The van der Waals surface area contributed by atoms with Crippen LogP contribution in [-0.2, 0) is 14.8 Å². The van der Waals surface area contributed by atoms with Gasteiger partial charge in [-0.1, -0.05) is 20.8 Å². The summed E-state index contributed by atoms with van der Waals surface area (Å²) < 4.78 is 29.5. The van der Waals surface area contributed by atoms with Gasteiger partial charge in [-0.15, -0.1) is 5.10 Å². The molecular formula is C28H39N9O6S. The highest BCUT2D eigenvalue weighted by molar-refractivity contribution is 7.89. The molecule has 238 valence electrons. The fraction of sp³-hybridized carbons (Fsp3) is 0.500. The molecule has 0 spiro atoms. The SMILES string of the molecule is CC(C)(C)NS(=O)(=O)c1cncc(-c2ccc3nc(NC(=O)NCC(=O)NC4CCN(C(=O)O)C(C(C)(C)C)C4)nn3c2)c1. The van der Waals surface area contributed by atoms with E-state index in [0.29, 0.717) is 36.2 Å². The van der Waals surface area contributed by atoms with E-state index in [-0.39, 0.29) is 34.9 Å². The first-order valence-electron chi connectivity index (χ1n) is 14.1. The third-order valence-electron chi connectivity index (χ3n) is 6.98. The standard InChI is InChI=1S/C28H39N9O6S/c1-27(2,3)21-12-19(9-10-36(21)26(40)41)31-23(38)15-30-25(39)33-24-32-22-8-7-17(16-37(22)34-24)18-11-20(14-29-13-18)44(42,43)35-28(4,5)6/h7-8,11,13-14,16,19,21,35H,9-10,12,15H2,1-6H3,(H,31,38)(H,40,41)(H2,30,33,34,39). The van der Waals surface area contributed by atoms with Crippen LogP contribution >= 0.6 is 0 Å². The maximum absolute atomic E-state index is 12.8. The number of sulfonamides is 1. The number of amides is 4. The number of carbonyl (C=O) groups is 3. The van der Waals surface area contributed by atoms with Gasteiger partial charge in [0.25, 0.3) is 5.95 Å². The molecule has 16 heteroatoms. The van der Waals surface area contributed by atoms with Crippen molar-refractivity contribution in [2.75, 3.05) is 18.4 Å². The van der Waals surface area contributed by atoms with Crippen molar-refractivity contribution in [1.29, 1.82) is 0 Å². The lowest BCUT2D eigenvalue weighted by molar-refractivity contribution is -0.121. The molecule has 3 aromatic heterocycles. The number of hydrogen-bond donors (Lipinski definition) is 5. The zero-order valence-corrected chi connectivity index (χ0v) is 26.4. The van der Waals surface area contributed by atoms with Crippen molar-refractivity contribution in [3.8, 4) is 11.1 Å². The first kappa shape index (κ1) is 32.6. The Morgan fingerprint density at radius 3 is 2.45 bits per heavy atom. The predicted octanol–water partition coefficient (Wildman–Crippen LogP) is 2.66. The molecule has 0 bridgehead atoms. The Bertz CT molecular complexity index is 1660. The second kappa shape index (κ2) is 12.4. The molecule has 3 aromatic rings. The number of carboxylic acid groups (broad SMARTS) is 1. The maximum Gasteiger partial charge on any atom is 0.407 e. The molecule has 5 N–H and O–H groups in total. The highest BCUT2D eigenvalue weighted by Crippen LogP contribution is 2.32. The molecule has 4 heterocycles. The van der Waals surface area contributed by atoms with Crippen LogP contribution in [-0.4, -0.2) is 86.7 Å². The van der Waals surface area contributed by atoms with Gasteiger partial charge < -0.3 is 20.6 Å². The smallest absolute Gasteiger partial charge is 0.407 e. The summed E-state index contributed by atoms with van der Waals surface area (Å²) >= 11 is 0. The third kappa shape index (κ3) is 8.19. The van der Waals surface area contributed by atoms with Crippen molar-refractivity contribution in [2.45, 2.75) is 76.9 Å². The third-order valence-corrected chi connectivity index (χ3v) is 8.70. The lowest BCUT2D eigenvalue weighted by atomic mass is 9.79. The van der Waals surface area contributed by atoms with E-state index < -0.39 is 33.6 Å². The van der Waals surface area contributed by atoms with Gasteiger partial charge in [0, 0.05) is 53.9 Å². The van der Waals surface area contributed by atoms with Crippen LogP contribution in [0, 0.1) is 5.41 Å². The predicted molar refractivity (Wildman–Crippen MR) is 162 cm³/mol. The molecule has 15 nitrogen and oxygen atoms in total. The van der Waals surface area contributed by atoms with E-state index in [0.717, 1.165) is 0 Å². The fourth-order valence-corrected chi connectivity index (χ4v) is 6.43. The number of nitrogens with one attached hydrogen (secondary N) is 4. The first-order chi connectivity index (χ1) is 20.4. The summed E-state index contributed by atoms with van der Waals surface area (Å²) in [7, 11) is -3.79. The van der Waals surface area contributed by atoms with Crippen molar-refractivity contribution in [3.63, 3.8) is 0 Å². The van der Waals surface area contributed by atoms with E-state index in [1.807, 2.05) is 20.8 Å². The van der Waals surface area contributed by atoms with Crippen molar-refractivity contribution >= 4 is 39.7 Å². The zero-order chi connectivity index (χ0) is 32.4. The Balaban J connectivity index is 1.35. The van der Waals surface area contributed by atoms with E-state index in [2.05, 4.69) is 35.7 Å². The molecular weight excluding hydrogens is 590 g/mol. The molecule has 1 fully saturated rings. The normalized spacial score (nSPS) is 17.7. The zero-order valence-electron chi connectivity index (χ0n) is 25.6. The van der Waals surface area contributed by atoms with E-state index >= 15 is 0 Å². The summed E-state index contributed by atoms with van der Waals surface area (Å²) in [4.78, 5) is 46.4. The maximum atomic E-state index is 12.8. The summed E-state index contributed by atoms with van der Waals surface area (Å²) in [6, 6.07) is 3.75. The number of hydrogen-bond acceptors (Lipinski definition) is 8. The molecule has 0 radical (unpaired) electrons. The van der Waals surface area contributed by atoms with Crippen LogP contribution in [0.4, 0.5) is 15.5 Å². The van der Waals surface area contributed by atoms with E-state index in [9.17, 15) is 27.9 Å². The quantitative estimate of drug-likeness (QED) is 0.261. The van der Waals surface area contributed by atoms with Gasteiger partial charge in [-0.25, -0.2) is 27.2 Å². The number of urea groups is 1. The van der Waals surface area contributed by atoms with E-state index in [1.54, 1.807) is 39.1 Å². The summed E-state index contributed by atoms with van der Waals surface area (Å²) in [5, 5.41) is 21.7. The van der Waals surface area contributed by atoms with E-state index in [4.69, 9.17) is 0 Å². The molecule has 4 rings (SSSR count). The van der Waals surface area contributed by atoms with Crippen LogP contribution in [0.5, 0.6) is 0 Å². The topological polar surface area (TPSA) is 200 Å². The number of rotatable bonds is 7. The molecule has 1 aliphatic heterocycles. The molecule has 1 saturated heterocycles. The van der Waals surface area contributed by atoms with Crippen LogP contribution < -0.4 is 20.7 Å². The summed E-state index contributed by atoms with van der Waals surface area (Å²) in [6.07, 6.45) is 4.42. The summed E-state index contributed by atoms with van der Waals surface area (Å²) in [6.45, 7) is 11.2. The highest BCUT2D eigenvalue weighted by Gasteiger charge is 2.39. The van der Waals surface area contributed by atoms with E-state index in [1.165, 1.54) is 27.9 Å². The highest BCUT2D eigenvalue weighted by atomic mass is 32.2. The minimum atomic E-state index is -3.79. The summed E-state index contributed by atoms with van der Waals surface area (Å²) in [5.41, 5.74) is 0.630. The number of pyridine rings is 2. The van der Waals surface area contributed by atoms with Crippen molar-refractivity contribution in [3.05, 3.63) is 36.8 Å². The minimum absolute atomic E-state index is 0.00190. The lowest BCUT2D eigenvalue weighted by Crippen LogP contribution is -2.56. The Hall–Kier alpha value is -4.31. The fourth-order valence-electron chi connectivity index (χ4n) is 5.02. The number of nitrogens with zero attached hydrogens (tertiary/aromatic N) is 5. The Labute approximate surface area is 255 Å². The number of anilines is 1. The van der Waals surface area contributed by atoms with Gasteiger partial charge in [0.1, 0.15) is 4.90 Å². The van der Waals surface area contributed by atoms with Gasteiger partial charge in [0.05, 0.1) is 6.54 Å². The van der Waals surface area contributed by atoms with Crippen molar-refractivity contribution in [2.24, 2.45) is 5.41 Å². The van der Waals surface area contributed by atoms with Gasteiger partial charge in [0.2, 0.25) is 15.9 Å². The van der Waals surface area contributed by atoms with Crippen LogP contribution in [0.3, 0.4) is 0 Å². The second-order valence-corrected chi connectivity index (χ2v) is 14.6. The Morgan fingerprint density at radius 2 is 1.80 bits per heavy atom. The number of likely N-dealkylation sites (tertiary alicyclic amines) is 1. The largest absolute Gasteiger partial charge is 0.465 e. The summed E-state index contributed by atoms with van der Waals surface area (Å²) in [5.74, 6) is -0.400. The number of aromatic nitrogens is 4. The number of carbonyl (C=O) groups excluding carboxylic acids is 2. The van der Waals surface area contributed by atoms with Gasteiger partial charge in [-0.3, -0.25) is 15.1 Å². The van der Waals surface area contributed by atoms with Gasteiger partial charge in [-0.05, 0) is 57.2 Å². The molecule has 44 heavy (non-hydrogen) atoms. The van der Waals surface area contributed by atoms with Gasteiger partial charge >= 0.3 is 12.1 Å². The van der Waals surface area contributed by atoms with Gasteiger partial charge in [0.15, 0.2) is 5.65 Å².